The van der Waals surface area contributed by atoms with Crippen molar-refractivity contribution in [2.45, 2.75) is 70.4 Å². The molecule has 1 spiro atoms. The molecule has 5 heteroatoms. The lowest BCUT2D eigenvalue weighted by molar-refractivity contribution is -0.146. The summed E-state index contributed by atoms with van der Waals surface area (Å²) in [5, 5.41) is 12.3. The van der Waals surface area contributed by atoms with Crippen LogP contribution in [-0.4, -0.2) is 35.7 Å². The van der Waals surface area contributed by atoms with Gasteiger partial charge in [0.2, 0.25) is 5.91 Å². The number of carbonyl (C=O) groups is 2. The van der Waals surface area contributed by atoms with Crippen LogP contribution >= 0.6 is 0 Å². The Morgan fingerprint density at radius 1 is 1.18 bits per heavy atom. The van der Waals surface area contributed by atoms with Gasteiger partial charge in [0.05, 0.1) is 12.0 Å². The van der Waals surface area contributed by atoms with Crippen molar-refractivity contribution in [1.29, 1.82) is 0 Å². The van der Waals surface area contributed by atoms with Crippen molar-refractivity contribution in [1.82, 2.24) is 5.32 Å². The molecule has 3 aliphatic carbocycles. The van der Waals surface area contributed by atoms with Crippen molar-refractivity contribution >= 4 is 11.9 Å². The summed E-state index contributed by atoms with van der Waals surface area (Å²) in [6, 6.07) is 0.225. The van der Waals surface area contributed by atoms with E-state index in [1.807, 2.05) is 6.92 Å². The lowest BCUT2D eigenvalue weighted by Crippen LogP contribution is -2.64. The van der Waals surface area contributed by atoms with Crippen molar-refractivity contribution < 1.29 is 19.4 Å². The second-order valence-corrected chi connectivity index (χ2v) is 7.23. The Hall–Kier alpha value is -1.10. The molecule has 0 aliphatic heterocycles. The second kappa shape index (κ2) is 6.19. The van der Waals surface area contributed by atoms with Gasteiger partial charge in [-0.15, -0.1) is 0 Å². The Balaban J connectivity index is 1.57. The molecule has 0 radical (unpaired) electrons. The average molecular weight is 309 g/mol. The number of carboxylic acids is 1. The van der Waals surface area contributed by atoms with Crippen molar-refractivity contribution in [3.8, 4) is 0 Å². The number of aliphatic carboxylic acids is 1. The molecule has 3 saturated carbocycles. The first kappa shape index (κ1) is 15.8. The summed E-state index contributed by atoms with van der Waals surface area (Å²) in [7, 11) is 0. The highest BCUT2D eigenvalue weighted by molar-refractivity contribution is 5.81. The van der Waals surface area contributed by atoms with Crippen LogP contribution in [0.1, 0.15) is 58.3 Å². The smallest absolute Gasteiger partial charge is 0.306 e. The third-order valence-electron chi connectivity index (χ3n) is 6.16. The summed E-state index contributed by atoms with van der Waals surface area (Å²) in [6.45, 7) is 2.76. The number of ether oxygens (including phenoxy) is 1. The summed E-state index contributed by atoms with van der Waals surface area (Å²) in [6.07, 6.45) is 7.77. The molecule has 3 aliphatic rings. The Labute approximate surface area is 131 Å². The average Bonchev–Trinajstić information content (AvgIpc) is 3.16. The van der Waals surface area contributed by atoms with Crippen LogP contribution in [-0.2, 0) is 14.3 Å². The third-order valence-corrected chi connectivity index (χ3v) is 6.16. The zero-order valence-corrected chi connectivity index (χ0v) is 13.3. The van der Waals surface area contributed by atoms with E-state index < -0.39 is 5.97 Å². The summed E-state index contributed by atoms with van der Waals surface area (Å²) < 4.78 is 5.87. The summed E-state index contributed by atoms with van der Waals surface area (Å²) in [5.74, 6) is -1.16. The summed E-state index contributed by atoms with van der Waals surface area (Å²) >= 11 is 0. The fraction of sp³-hybridized carbons (Fsp3) is 0.882. The van der Waals surface area contributed by atoms with Crippen LogP contribution in [0.3, 0.4) is 0 Å². The van der Waals surface area contributed by atoms with E-state index in [1.54, 1.807) is 0 Å². The Morgan fingerprint density at radius 3 is 2.45 bits per heavy atom. The largest absolute Gasteiger partial charge is 0.481 e. The van der Waals surface area contributed by atoms with E-state index in [2.05, 4.69) is 5.32 Å². The number of carboxylic acid groups (broad SMARTS) is 1. The molecule has 2 N–H and O–H groups in total. The first-order chi connectivity index (χ1) is 10.6. The molecule has 2 unspecified atom stereocenters. The van der Waals surface area contributed by atoms with E-state index in [0.29, 0.717) is 25.4 Å². The maximum atomic E-state index is 12.5. The fourth-order valence-electron chi connectivity index (χ4n) is 4.82. The van der Waals surface area contributed by atoms with Crippen LogP contribution in [0.5, 0.6) is 0 Å². The number of carbonyl (C=O) groups excluding carboxylic acids is 1. The second-order valence-electron chi connectivity index (χ2n) is 7.23. The molecule has 0 heterocycles. The predicted molar refractivity (Wildman–Crippen MR) is 81.3 cm³/mol. The van der Waals surface area contributed by atoms with Gasteiger partial charge in [0.25, 0.3) is 0 Å². The van der Waals surface area contributed by atoms with Gasteiger partial charge in [0.15, 0.2) is 0 Å². The Kier molecular flexibility index (Phi) is 4.44. The van der Waals surface area contributed by atoms with Crippen LogP contribution < -0.4 is 5.32 Å². The van der Waals surface area contributed by atoms with Gasteiger partial charge in [-0.3, -0.25) is 9.59 Å². The minimum atomic E-state index is -0.761. The van der Waals surface area contributed by atoms with Gasteiger partial charge >= 0.3 is 5.97 Å². The number of hydrogen-bond donors (Lipinski definition) is 2. The van der Waals surface area contributed by atoms with Crippen molar-refractivity contribution in [3.05, 3.63) is 0 Å². The minimum Gasteiger partial charge on any atom is -0.481 e. The van der Waals surface area contributed by atoms with Crippen LogP contribution in [0.15, 0.2) is 0 Å². The van der Waals surface area contributed by atoms with Crippen LogP contribution in [0, 0.1) is 17.3 Å². The predicted octanol–water partition coefficient (Wildman–Crippen LogP) is 2.34. The molecule has 124 valence electrons. The summed E-state index contributed by atoms with van der Waals surface area (Å²) in [5.41, 5.74) is 0.149. The minimum absolute atomic E-state index is 0.0648. The van der Waals surface area contributed by atoms with Crippen molar-refractivity contribution in [3.63, 3.8) is 0 Å². The standard InChI is InChI=1S/C17H27NO4/c1-2-22-14-10-13(17(14)7-3-4-8-17)18-15(19)11-5-6-12(9-11)16(20)21/h11-14H,2-10H2,1H3,(H,18,19)(H,20,21)/t11-,12+,13?,14?/m1/s1. The molecule has 0 bridgehead atoms. The fourth-order valence-corrected chi connectivity index (χ4v) is 4.82. The monoisotopic (exact) mass is 309 g/mol. The topological polar surface area (TPSA) is 75.6 Å². The molecule has 0 aromatic heterocycles. The van der Waals surface area contributed by atoms with Crippen molar-refractivity contribution in [2.75, 3.05) is 6.61 Å². The van der Waals surface area contributed by atoms with Crippen molar-refractivity contribution in [2.24, 2.45) is 17.3 Å². The maximum Gasteiger partial charge on any atom is 0.306 e. The first-order valence-electron chi connectivity index (χ1n) is 8.71. The van der Waals surface area contributed by atoms with Gasteiger partial charge in [-0.1, -0.05) is 12.8 Å². The highest BCUT2D eigenvalue weighted by atomic mass is 16.5. The molecule has 0 aromatic rings. The van der Waals surface area contributed by atoms with E-state index in [4.69, 9.17) is 9.84 Å². The highest BCUT2D eigenvalue weighted by Crippen LogP contribution is 2.54. The van der Waals surface area contributed by atoms with Gasteiger partial charge in [-0.25, -0.2) is 0 Å². The van der Waals surface area contributed by atoms with E-state index in [0.717, 1.165) is 25.9 Å². The molecule has 22 heavy (non-hydrogen) atoms. The van der Waals surface area contributed by atoms with Crippen LogP contribution in [0.25, 0.3) is 0 Å². The molecular weight excluding hydrogens is 282 g/mol. The first-order valence-corrected chi connectivity index (χ1v) is 8.71. The van der Waals surface area contributed by atoms with Crippen LogP contribution in [0.4, 0.5) is 0 Å². The van der Waals surface area contributed by atoms with E-state index in [-0.39, 0.29) is 29.2 Å². The van der Waals surface area contributed by atoms with Gasteiger partial charge in [0.1, 0.15) is 0 Å². The van der Waals surface area contributed by atoms with Gasteiger partial charge in [-0.2, -0.15) is 0 Å². The molecule has 3 rings (SSSR count). The zero-order valence-electron chi connectivity index (χ0n) is 13.3. The molecule has 5 nitrogen and oxygen atoms in total. The molecular formula is C17H27NO4. The Bertz CT molecular complexity index is 444. The van der Waals surface area contributed by atoms with E-state index >= 15 is 0 Å². The van der Waals surface area contributed by atoms with Gasteiger partial charge in [-0.05, 0) is 45.4 Å². The molecule has 0 saturated heterocycles. The number of nitrogens with one attached hydrogen (secondary N) is 1. The maximum absolute atomic E-state index is 12.5. The van der Waals surface area contributed by atoms with E-state index in [1.165, 1.54) is 12.8 Å². The number of amides is 1. The zero-order chi connectivity index (χ0) is 15.7. The Morgan fingerprint density at radius 2 is 1.86 bits per heavy atom. The SMILES string of the molecule is CCOC1CC(NC(=O)[C@@H]2CC[C@H](C(=O)O)C2)C12CCCC2. The van der Waals surface area contributed by atoms with Gasteiger partial charge in [0, 0.05) is 24.0 Å². The molecule has 0 aromatic carbocycles. The molecule has 1 amide bonds. The van der Waals surface area contributed by atoms with Crippen LogP contribution in [0.2, 0.25) is 0 Å². The lowest BCUT2D eigenvalue weighted by atomic mass is 9.60. The number of hydrogen-bond acceptors (Lipinski definition) is 3. The summed E-state index contributed by atoms with van der Waals surface area (Å²) in [4.78, 5) is 23.5. The number of rotatable bonds is 5. The normalized spacial score (nSPS) is 36.2. The quantitative estimate of drug-likeness (QED) is 0.817. The van der Waals surface area contributed by atoms with Gasteiger partial charge < -0.3 is 15.2 Å². The molecule has 3 fully saturated rings. The van der Waals surface area contributed by atoms with E-state index in [9.17, 15) is 9.59 Å². The third kappa shape index (κ3) is 2.64. The highest BCUT2D eigenvalue weighted by Gasteiger charge is 2.57. The molecule has 4 atom stereocenters. The lowest BCUT2D eigenvalue weighted by Gasteiger charge is -2.54.